The van der Waals surface area contributed by atoms with Crippen LogP contribution >= 0.6 is 0 Å². The van der Waals surface area contributed by atoms with E-state index < -0.39 is 36.8 Å². The van der Waals surface area contributed by atoms with Crippen LogP contribution in [0.15, 0.2) is 23.2 Å². The van der Waals surface area contributed by atoms with Crippen molar-refractivity contribution in [2.75, 3.05) is 6.54 Å². The Hall–Kier alpha value is -2.07. The number of nitrogens with zero attached hydrogens (tertiary/aromatic N) is 1. The molecule has 0 aliphatic carbocycles. The van der Waals surface area contributed by atoms with Gasteiger partial charge in [0.05, 0.1) is 11.2 Å². The van der Waals surface area contributed by atoms with Crippen LogP contribution in [0, 0.1) is 0 Å². The molecule has 1 aromatic rings. The Bertz CT molecular complexity index is 762. The zero-order valence-corrected chi connectivity index (χ0v) is 15.3. The molecule has 146 valence electrons. The highest BCUT2D eigenvalue weighted by molar-refractivity contribution is 6.62. The lowest BCUT2D eigenvalue weighted by atomic mass is 9.78. The highest BCUT2D eigenvalue weighted by Crippen LogP contribution is 2.36. The van der Waals surface area contributed by atoms with Crippen molar-refractivity contribution in [1.29, 1.82) is 0 Å². The SMILES string of the molecule is CC1(C)OB(c2ccc3c(c2)C=NCC(OC(=O)C(F)(F)F)O3)OC1(C)C. The summed E-state index contributed by atoms with van der Waals surface area (Å²) in [5.74, 6) is -2.07. The van der Waals surface area contributed by atoms with E-state index in [9.17, 15) is 18.0 Å². The largest absolute Gasteiger partial charge is 0.494 e. The molecule has 2 aliphatic heterocycles. The average Bonchev–Trinajstić information content (AvgIpc) is 2.68. The summed E-state index contributed by atoms with van der Waals surface area (Å²) in [6.45, 7) is 7.48. The smallest absolute Gasteiger partial charge is 0.452 e. The second kappa shape index (κ2) is 6.52. The molecule has 1 aromatic carbocycles. The zero-order chi connectivity index (χ0) is 20.0. The van der Waals surface area contributed by atoms with Crippen LogP contribution in [0.2, 0.25) is 0 Å². The number of esters is 1. The summed E-state index contributed by atoms with van der Waals surface area (Å²) < 4.78 is 58.7. The lowest BCUT2D eigenvalue weighted by Crippen LogP contribution is -2.41. The van der Waals surface area contributed by atoms with Crippen LogP contribution in [0.25, 0.3) is 0 Å². The number of rotatable bonds is 2. The minimum atomic E-state index is -5.09. The minimum Gasteiger partial charge on any atom is -0.452 e. The van der Waals surface area contributed by atoms with E-state index in [1.54, 1.807) is 18.2 Å². The predicted octanol–water partition coefficient (Wildman–Crippen LogP) is 2.23. The van der Waals surface area contributed by atoms with Crippen LogP contribution in [0.4, 0.5) is 13.2 Å². The predicted molar refractivity (Wildman–Crippen MR) is 91.2 cm³/mol. The number of alkyl halides is 3. The molecule has 1 atom stereocenters. The monoisotopic (exact) mass is 385 g/mol. The van der Waals surface area contributed by atoms with Crippen molar-refractivity contribution in [3.05, 3.63) is 23.8 Å². The van der Waals surface area contributed by atoms with E-state index in [0.717, 1.165) is 0 Å². The molecule has 2 heterocycles. The molecule has 0 saturated carbocycles. The summed E-state index contributed by atoms with van der Waals surface area (Å²) in [7, 11) is -0.601. The molecule has 1 unspecified atom stereocenters. The van der Waals surface area contributed by atoms with Crippen molar-refractivity contribution in [2.45, 2.75) is 51.4 Å². The number of benzene rings is 1. The van der Waals surface area contributed by atoms with Crippen molar-refractivity contribution in [3.8, 4) is 5.75 Å². The van der Waals surface area contributed by atoms with E-state index in [-0.39, 0.29) is 12.3 Å². The number of fused-ring (bicyclic) bond motifs is 1. The normalized spacial score (nSPS) is 23.4. The maximum atomic E-state index is 12.4. The molecule has 1 fully saturated rings. The van der Waals surface area contributed by atoms with Gasteiger partial charge in [-0.05, 0) is 45.3 Å². The van der Waals surface area contributed by atoms with Crippen LogP contribution < -0.4 is 10.2 Å². The molecule has 10 heteroatoms. The molecule has 0 radical (unpaired) electrons. The van der Waals surface area contributed by atoms with Crippen molar-refractivity contribution in [1.82, 2.24) is 0 Å². The summed E-state index contributed by atoms with van der Waals surface area (Å²) in [5.41, 5.74) is 0.221. The molecule has 6 nitrogen and oxygen atoms in total. The molecular weight excluding hydrogens is 366 g/mol. The summed E-state index contributed by atoms with van der Waals surface area (Å²) >= 11 is 0. The van der Waals surface area contributed by atoms with Crippen molar-refractivity contribution >= 4 is 24.8 Å². The van der Waals surface area contributed by atoms with Crippen LogP contribution in [-0.2, 0) is 18.8 Å². The molecule has 0 amide bonds. The fourth-order valence-electron chi connectivity index (χ4n) is 2.56. The van der Waals surface area contributed by atoms with Gasteiger partial charge in [-0.25, -0.2) is 4.79 Å². The van der Waals surface area contributed by atoms with Crippen molar-refractivity contribution in [2.24, 2.45) is 4.99 Å². The van der Waals surface area contributed by atoms with E-state index >= 15 is 0 Å². The quantitative estimate of drug-likeness (QED) is 0.577. The highest BCUT2D eigenvalue weighted by atomic mass is 19.4. The number of carbonyl (C=O) groups excluding carboxylic acids is 1. The maximum Gasteiger partial charge on any atom is 0.494 e. The van der Waals surface area contributed by atoms with Gasteiger partial charge in [-0.15, -0.1) is 0 Å². The van der Waals surface area contributed by atoms with Crippen LogP contribution in [0.5, 0.6) is 5.75 Å². The maximum absolute atomic E-state index is 12.4. The number of ether oxygens (including phenoxy) is 2. The van der Waals surface area contributed by atoms with Crippen LogP contribution in [0.1, 0.15) is 33.3 Å². The summed E-state index contributed by atoms with van der Waals surface area (Å²) in [4.78, 5) is 15.0. The van der Waals surface area contributed by atoms with Gasteiger partial charge >= 0.3 is 19.3 Å². The standard InChI is InChI=1S/C17H19BF3NO5/c1-15(2)16(3,4)27-18(26-15)11-5-6-12-10(7-11)8-22-9-13(24-12)25-14(23)17(19,20)21/h5-8,13H,9H2,1-4H3. The Labute approximate surface area is 154 Å². The van der Waals surface area contributed by atoms with Gasteiger partial charge < -0.3 is 18.8 Å². The molecule has 27 heavy (non-hydrogen) atoms. The topological polar surface area (TPSA) is 66.4 Å². The van der Waals surface area contributed by atoms with Crippen molar-refractivity contribution < 1.29 is 36.7 Å². The second-order valence-corrected chi connectivity index (χ2v) is 7.33. The Morgan fingerprint density at radius 1 is 1.22 bits per heavy atom. The van der Waals surface area contributed by atoms with Gasteiger partial charge in [0, 0.05) is 11.8 Å². The Morgan fingerprint density at radius 3 is 2.44 bits per heavy atom. The number of aliphatic imine (C=N–C) groups is 1. The molecule has 0 bridgehead atoms. The summed E-state index contributed by atoms with van der Waals surface area (Å²) in [5, 5.41) is 0. The van der Waals surface area contributed by atoms with Gasteiger partial charge in [0.15, 0.2) is 0 Å². The molecule has 0 N–H and O–H groups in total. The number of halogens is 3. The molecule has 2 aliphatic rings. The lowest BCUT2D eigenvalue weighted by Gasteiger charge is -2.32. The summed E-state index contributed by atoms with van der Waals surface area (Å²) in [6.07, 6.45) is -5.10. The highest BCUT2D eigenvalue weighted by Gasteiger charge is 2.51. The Morgan fingerprint density at radius 2 is 1.85 bits per heavy atom. The van der Waals surface area contributed by atoms with Gasteiger partial charge in [-0.3, -0.25) is 4.99 Å². The fraction of sp³-hybridized carbons (Fsp3) is 0.529. The first-order valence-corrected chi connectivity index (χ1v) is 8.33. The lowest BCUT2D eigenvalue weighted by molar-refractivity contribution is -0.215. The number of hydrogen-bond acceptors (Lipinski definition) is 6. The second-order valence-electron chi connectivity index (χ2n) is 7.33. The number of hydrogen-bond donors (Lipinski definition) is 0. The molecule has 3 rings (SSSR count). The van der Waals surface area contributed by atoms with E-state index in [2.05, 4.69) is 9.73 Å². The Kier molecular flexibility index (Phi) is 4.76. The number of carbonyl (C=O) groups is 1. The third-order valence-corrected chi connectivity index (χ3v) is 4.77. The van der Waals surface area contributed by atoms with Gasteiger partial charge in [0.1, 0.15) is 12.3 Å². The van der Waals surface area contributed by atoms with E-state index in [4.69, 9.17) is 14.0 Å². The third-order valence-electron chi connectivity index (χ3n) is 4.77. The van der Waals surface area contributed by atoms with Crippen LogP contribution in [0.3, 0.4) is 0 Å². The van der Waals surface area contributed by atoms with Gasteiger partial charge in [0.2, 0.25) is 0 Å². The first kappa shape index (κ1) is 19.7. The van der Waals surface area contributed by atoms with Gasteiger partial charge in [-0.1, -0.05) is 6.07 Å². The Balaban J connectivity index is 1.77. The molecular formula is C17H19BF3NO5. The molecule has 1 saturated heterocycles. The summed E-state index contributed by atoms with van der Waals surface area (Å²) in [6, 6.07) is 4.96. The third kappa shape index (κ3) is 3.96. The van der Waals surface area contributed by atoms with Crippen LogP contribution in [-0.4, -0.2) is 49.5 Å². The van der Waals surface area contributed by atoms with Gasteiger partial charge in [0.25, 0.3) is 6.29 Å². The fourth-order valence-corrected chi connectivity index (χ4v) is 2.56. The zero-order valence-electron chi connectivity index (χ0n) is 15.3. The minimum absolute atomic E-state index is 0.247. The average molecular weight is 385 g/mol. The van der Waals surface area contributed by atoms with E-state index in [1.165, 1.54) is 6.21 Å². The van der Waals surface area contributed by atoms with E-state index in [1.807, 2.05) is 27.7 Å². The first-order chi connectivity index (χ1) is 12.4. The molecule has 0 spiro atoms. The van der Waals surface area contributed by atoms with E-state index in [0.29, 0.717) is 11.0 Å². The van der Waals surface area contributed by atoms with Crippen molar-refractivity contribution in [3.63, 3.8) is 0 Å². The first-order valence-electron chi connectivity index (χ1n) is 8.33. The molecule has 0 aromatic heterocycles. The van der Waals surface area contributed by atoms with Gasteiger partial charge in [-0.2, -0.15) is 13.2 Å².